The van der Waals surface area contributed by atoms with E-state index in [1.165, 1.54) is 12.1 Å². The Kier molecular flexibility index (Phi) is 7.06. The largest absolute Gasteiger partial charge is 0.508 e. The normalized spacial score (nSPS) is 14.7. The molecule has 1 fully saturated rings. The van der Waals surface area contributed by atoms with E-state index in [-0.39, 0.29) is 17.6 Å². The Morgan fingerprint density at radius 2 is 1.50 bits per heavy atom. The maximum atomic E-state index is 12.4. The van der Waals surface area contributed by atoms with Crippen molar-refractivity contribution in [2.24, 2.45) is 5.73 Å². The van der Waals surface area contributed by atoms with Crippen molar-refractivity contribution in [2.75, 3.05) is 32.7 Å². The van der Waals surface area contributed by atoms with Gasteiger partial charge >= 0.3 is 0 Å². The van der Waals surface area contributed by atoms with Crippen LogP contribution in [-0.4, -0.2) is 59.4 Å². The van der Waals surface area contributed by atoms with Crippen LogP contribution in [0.15, 0.2) is 24.3 Å². The lowest BCUT2D eigenvalue weighted by Gasteiger charge is -2.35. The molecule has 0 atom stereocenters. The fourth-order valence-electron chi connectivity index (χ4n) is 2.88. The van der Waals surface area contributed by atoms with Gasteiger partial charge in [0.15, 0.2) is 0 Å². The number of phenols is 1. The molecule has 1 aliphatic rings. The first kappa shape index (κ1) is 18.3. The van der Waals surface area contributed by atoms with Gasteiger partial charge in [0, 0.05) is 38.2 Å². The molecule has 0 radical (unpaired) electrons. The third-order valence-corrected chi connectivity index (χ3v) is 4.38. The molecule has 1 aliphatic heterocycles. The summed E-state index contributed by atoms with van der Waals surface area (Å²) in [4.78, 5) is 28.2. The van der Waals surface area contributed by atoms with Gasteiger partial charge in [0.2, 0.25) is 5.91 Å². The van der Waals surface area contributed by atoms with Crippen molar-refractivity contribution < 1.29 is 14.7 Å². The third kappa shape index (κ3) is 5.23. The Balaban J connectivity index is 1.73. The molecule has 3 N–H and O–H groups in total. The zero-order chi connectivity index (χ0) is 17.4. The van der Waals surface area contributed by atoms with E-state index >= 15 is 0 Å². The molecular formula is C18H27N3O3. The summed E-state index contributed by atoms with van der Waals surface area (Å²) in [6.45, 7) is 3.00. The minimum Gasteiger partial charge on any atom is -0.508 e. The smallest absolute Gasteiger partial charge is 0.253 e. The van der Waals surface area contributed by atoms with Crippen LogP contribution in [0.2, 0.25) is 0 Å². The Bertz CT molecular complexity index is 537. The molecule has 0 spiro atoms. The molecule has 2 rings (SSSR count). The molecule has 132 valence electrons. The lowest BCUT2D eigenvalue weighted by molar-refractivity contribution is -0.132. The SMILES string of the molecule is NCCCCCCC(=O)N1CCN(C(=O)c2ccc(O)cc2)CC1. The van der Waals surface area contributed by atoms with Crippen molar-refractivity contribution in [1.82, 2.24) is 9.80 Å². The van der Waals surface area contributed by atoms with Crippen molar-refractivity contribution >= 4 is 11.8 Å². The van der Waals surface area contributed by atoms with Crippen LogP contribution in [0.3, 0.4) is 0 Å². The topological polar surface area (TPSA) is 86.9 Å². The van der Waals surface area contributed by atoms with Gasteiger partial charge in [-0.05, 0) is 43.7 Å². The van der Waals surface area contributed by atoms with Gasteiger partial charge in [-0.15, -0.1) is 0 Å². The highest BCUT2D eigenvalue weighted by atomic mass is 16.3. The number of carbonyl (C=O) groups excluding carboxylic acids is 2. The minimum atomic E-state index is -0.0520. The molecular weight excluding hydrogens is 306 g/mol. The molecule has 0 aliphatic carbocycles. The molecule has 6 heteroatoms. The number of nitrogens with zero attached hydrogens (tertiary/aromatic N) is 2. The summed E-state index contributed by atoms with van der Waals surface area (Å²) >= 11 is 0. The van der Waals surface area contributed by atoms with E-state index < -0.39 is 0 Å². The maximum absolute atomic E-state index is 12.4. The summed E-state index contributed by atoms with van der Waals surface area (Å²) in [6.07, 6.45) is 4.63. The van der Waals surface area contributed by atoms with Gasteiger partial charge < -0.3 is 20.6 Å². The Morgan fingerprint density at radius 1 is 0.917 bits per heavy atom. The number of piperazine rings is 1. The summed E-state index contributed by atoms with van der Waals surface area (Å²) < 4.78 is 0. The zero-order valence-corrected chi connectivity index (χ0v) is 14.1. The number of hydrogen-bond donors (Lipinski definition) is 2. The first-order valence-electron chi connectivity index (χ1n) is 8.68. The number of nitrogens with two attached hydrogens (primary N) is 1. The molecule has 1 saturated heterocycles. The lowest BCUT2D eigenvalue weighted by atomic mass is 10.1. The van der Waals surface area contributed by atoms with E-state index in [4.69, 9.17) is 5.73 Å². The summed E-state index contributed by atoms with van der Waals surface area (Å²) in [5, 5.41) is 9.29. The van der Waals surface area contributed by atoms with E-state index in [1.54, 1.807) is 17.0 Å². The molecule has 0 saturated carbocycles. The molecule has 1 heterocycles. The maximum Gasteiger partial charge on any atom is 0.253 e. The van der Waals surface area contributed by atoms with E-state index in [1.807, 2.05) is 4.90 Å². The molecule has 1 aromatic rings. The molecule has 1 aromatic carbocycles. The van der Waals surface area contributed by atoms with Crippen LogP contribution in [0.1, 0.15) is 42.5 Å². The monoisotopic (exact) mass is 333 g/mol. The summed E-state index contributed by atoms with van der Waals surface area (Å²) in [7, 11) is 0. The number of rotatable bonds is 7. The van der Waals surface area contributed by atoms with Crippen LogP contribution in [0.5, 0.6) is 5.75 Å². The second-order valence-electron chi connectivity index (χ2n) is 6.17. The highest BCUT2D eigenvalue weighted by molar-refractivity contribution is 5.94. The number of aromatic hydroxyl groups is 1. The number of benzene rings is 1. The van der Waals surface area contributed by atoms with E-state index in [0.29, 0.717) is 44.7 Å². The van der Waals surface area contributed by atoms with Gasteiger partial charge in [0.1, 0.15) is 5.75 Å². The highest BCUT2D eigenvalue weighted by Gasteiger charge is 2.24. The summed E-state index contributed by atoms with van der Waals surface area (Å²) in [6, 6.07) is 6.27. The fraction of sp³-hybridized carbons (Fsp3) is 0.556. The van der Waals surface area contributed by atoms with Crippen LogP contribution >= 0.6 is 0 Å². The van der Waals surface area contributed by atoms with Gasteiger partial charge in [-0.1, -0.05) is 12.8 Å². The van der Waals surface area contributed by atoms with E-state index in [9.17, 15) is 14.7 Å². The zero-order valence-electron chi connectivity index (χ0n) is 14.1. The molecule has 2 amide bonds. The minimum absolute atomic E-state index is 0.0520. The predicted molar refractivity (Wildman–Crippen MR) is 92.7 cm³/mol. The molecule has 0 unspecified atom stereocenters. The number of amides is 2. The molecule has 0 bridgehead atoms. The molecule has 6 nitrogen and oxygen atoms in total. The van der Waals surface area contributed by atoms with Crippen LogP contribution < -0.4 is 5.73 Å². The Hall–Kier alpha value is -2.08. The fourth-order valence-corrected chi connectivity index (χ4v) is 2.88. The van der Waals surface area contributed by atoms with Gasteiger partial charge in [0.25, 0.3) is 5.91 Å². The molecule has 0 aromatic heterocycles. The van der Waals surface area contributed by atoms with Gasteiger partial charge in [-0.2, -0.15) is 0 Å². The first-order chi connectivity index (χ1) is 11.6. The number of hydrogen-bond acceptors (Lipinski definition) is 4. The quantitative estimate of drug-likeness (QED) is 0.742. The first-order valence-corrected chi connectivity index (χ1v) is 8.68. The standard InChI is InChI=1S/C18H27N3O3/c19-10-4-2-1-3-5-17(23)20-11-13-21(14-12-20)18(24)15-6-8-16(22)9-7-15/h6-9,22H,1-5,10-14,19H2. The summed E-state index contributed by atoms with van der Waals surface area (Å²) in [5.41, 5.74) is 6.02. The van der Waals surface area contributed by atoms with Crippen LogP contribution in [0.25, 0.3) is 0 Å². The van der Waals surface area contributed by atoms with Crippen LogP contribution in [0, 0.1) is 0 Å². The second-order valence-corrected chi connectivity index (χ2v) is 6.17. The number of phenolic OH excluding ortho intramolecular Hbond substituents is 1. The van der Waals surface area contributed by atoms with Crippen molar-refractivity contribution in [3.63, 3.8) is 0 Å². The average Bonchev–Trinajstić information content (AvgIpc) is 2.61. The lowest BCUT2D eigenvalue weighted by Crippen LogP contribution is -2.50. The van der Waals surface area contributed by atoms with Crippen molar-refractivity contribution in [1.29, 1.82) is 0 Å². The Labute approximate surface area is 143 Å². The number of carbonyl (C=O) groups is 2. The second kappa shape index (κ2) is 9.27. The predicted octanol–water partition coefficient (Wildman–Crippen LogP) is 1.59. The van der Waals surface area contributed by atoms with Crippen molar-refractivity contribution in [2.45, 2.75) is 32.1 Å². The van der Waals surface area contributed by atoms with Crippen molar-refractivity contribution in [3.8, 4) is 5.75 Å². The van der Waals surface area contributed by atoms with Crippen molar-refractivity contribution in [3.05, 3.63) is 29.8 Å². The highest BCUT2D eigenvalue weighted by Crippen LogP contribution is 2.14. The van der Waals surface area contributed by atoms with Gasteiger partial charge in [0.05, 0.1) is 0 Å². The van der Waals surface area contributed by atoms with E-state index in [0.717, 1.165) is 25.7 Å². The Morgan fingerprint density at radius 3 is 2.12 bits per heavy atom. The number of unbranched alkanes of at least 4 members (excludes halogenated alkanes) is 3. The average molecular weight is 333 g/mol. The summed E-state index contributed by atoms with van der Waals surface area (Å²) in [5.74, 6) is 0.275. The van der Waals surface area contributed by atoms with Crippen LogP contribution in [-0.2, 0) is 4.79 Å². The molecule has 24 heavy (non-hydrogen) atoms. The van der Waals surface area contributed by atoms with E-state index in [2.05, 4.69) is 0 Å². The third-order valence-electron chi connectivity index (χ3n) is 4.38. The van der Waals surface area contributed by atoms with Crippen LogP contribution in [0.4, 0.5) is 0 Å². The van der Waals surface area contributed by atoms with Gasteiger partial charge in [-0.3, -0.25) is 9.59 Å². The van der Waals surface area contributed by atoms with Gasteiger partial charge in [-0.25, -0.2) is 0 Å².